The van der Waals surface area contributed by atoms with Crippen LogP contribution in [-0.2, 0) is 11.2 Å². The third kappa shape index (κ3) is 5.80. The van der Waals surface area contributed by atoms with Crippen LogP contribution in [0.5, 0.6) is 11.5 Å². The van der Waals surface area contributed by atoms with Crippen LogP contribution in [0.4, 0.5) is 0 Å². The molecule has 0 fully saturated rings. The molecule has 2 aromatic rings. The first kappa shape index (κ1) is 18.8. The first-order chi connectivity index (χ1) is 12.0. The predicted octanol–water partition coefficient (Wildman–Crippen LogP) is 3.29. The van der Waals surface area contributed by atoms with Crippen LogP contribution >= 0.6 is 11.6 Å². The molecular formula is C19H20ClNO4. The third-order valence-corrected chi connectivity index (χ3v) is 3.83. The zero-order chi connectivity index (χ0) is 18.2. The minimum absolute atomic E-state index is 0.0650. The van der Waals surface area contributed by atoms with Gasteiger partial charge in [0.2, 0.25) is 0 Å². The minimum Gasteiger partial charge on any atom is -0.493 e. The molecule has 0 heterocycles. The lowest BCUT2D eigenvalue weighted by Crippen LogP contribution is -2.30. The molecule has 25 heavy (non-hydrogen) atoms. The van der Waals surface area contributed by atoms with Gasteiger partial charge in [0, 0.05) is 17.1 Å². The molecule has 0 bridgehead atoms. The Hall–Kier alpha value is -2.53. The summed E-state index contributed by atoms with van der Waals surface area (Å²) >= 11 is 5.83. The molecule has 0 atom stereocenters. The normalized spacial score (nSPS) is 10.2. The molecule has 2 rings (SSSR count). The summed E-state index contributed by atoms with van der Waals surface area (Å²) in [4.78, 5) is 23.3. The summed E-state index contributed by atoms with van der Waals surface area (Å²) in [7, 11) is 1.48. The van der Waals surface area contributed by atoms with E-state index >= 15 is 0 Å². The molecule has 1 N–H and O–H groups in total. The highest BCUT2D eigenvalue weighted by molar-refractivity contribution is 6.30. The summed E-state index contributed by atoms with van der Waals surface area (Å²) in [6.45, 7) is 1.85. The predicted molar refractivity (Wildman–Crippen MR) is 96.7 cm³/mol. The van der Waals surface area contributed by atoms with Crippen molar-refractivity contribution in [3.8, 4) is 11.5 Å². The van der Waals surface area contributed by atoms with Crippen LogP contribution in [0.15, 0.2) is 42.5 Å². The average Bonchev–Trinajstić information content (AvgIpc) is 2.61. The lowest BCUT2D eigenvalue weighted by molar-refractivity contribution is -0.123. The first-order valence-electron chi connectivity index (χ1n) is 7.82. The van der Waals surface area contributed by atoms with Gasteiger partial charge in [-0.1, -0.05) is 23.7 Å². The molecule has 2 aromatic carbocycles. The van der Waals surface area contributed by atoms with Crippen molar-refractivity contribution in [3.05, 3.63) is 58.6 Å². The second kappa shape index (κ2) is 9.08. The summed E-state index contributed by atoms with van der Waals surface area (Å²) in [5.74, 6) is 0.540. The number of carbonyl (C=O) groups excluding carboxylic acids is 2. The summed E-state index contributed by atoms with van der Waals surface area (Å²) in [5.41, 5.74) is 1.61. The molecule has 0 saturated heterocycles. The van der Waals surface area contributed by atoms with Crippen LogP contribution in [0.3, 0.4) is 0 Å². The van der Waals surface area contributed by atoms with Gasteiger partial charge in [-0.25, -0.2) is 0 Å². The number of Topliss-reactive ketones (excluding diaryl/α,β-unsaturated/α-hetero) is 1. The van der Waals surface area contributed by atoms with Crippen molar-refractivity contribution in [2.75, 3.05) is 20.3 Å². The van der Waals surface area contributed by atoms with Gasteiger partial charge >= 0.3 is 0 Å². The molecular weight excluding hydrogens is 342 g/mol. The average molecular weight is 362 g/mol. The fourth-order valence-corrected chi connectivity index (χ4v) is 2.32. The van der Waals surface area contributed by atoms with E-state index in [1.54, 1.807) is 18.2 Å². The van der Waals surface area contributed by atoms with Gasteiger partial charge in [-0.2, -0.15) is 0 Å². The largest absolute Gasteiger partial charge is 0.493 e. The van der Waals surface area contributed by atoms with Crippen LogP contribution in [0.2, 0.25) is 5.02 Å². The molecule has 5 nitrogen and oxygen atoms in total. The zero-order valence-corrected chi connectivity index (χ0v) is 14.9. The fraction of sp³-hybridized carbons (Fsp3) is 0.263. The van der Waals surface area contributed by atoms with E-state index in [-0.39, 0.29) is 18.3 Å². The van der Waals surface area contributed by atoms with Gasteiger partial charge in [-0.15, -0.1) is 0 Å². The van der Waals surface area contributed by atoms with Crippen molar-refractivity contribution >= 4 is 23.3 Å². The number of hydrogen-bond donors (Lipinski definition) is 1. The monoisotopic (exact) mass is 361 g/mol. The van der Waals surface area contributed by atoms with E-state index in [9.17, 15) is 9.59 Å². The van der Waals surface area contributed by atoms with E-state index in [2.05, 4.69) is 5.32 Å². The maximum atomic E-state index is 11.9. The lowest BCUT2D eigenvalue weighted by atomic mass is 10.1. The quantitative estimate of drug-likeness (QED) is 0.733. The summed E-state index contributed by atoms with van der Waals surface area (Å²) in [6.07, 6.45) is 0.708. The molecule has 6 heteroatoms. The van der Waals surface area contributed by atoms with Crippen LogP contribution < -0.4 is 14.8 Å². The number of rotatable bonds is 8. The van der Waals surface area contributed by atoms with Gasteiger partial charge in [0.1, 0.15) is 0 Å². The highest BCUT2D eigenvalue weighted by Gasteiger charge is 2.10. The van der Waals surface area contributed by atoms with Gasteiger partial charge in [0.15, 0.2) is 23.9 Å². The molecule has 132 valence electrons. The van der Waals surface area contributed by atoms with Crippen molar-refractivity contribution in [3.63, 3.8) is 0 Å². The SMILES string of the molecule is COc1cc(C(C)=O)ccc1OCC(=O)NCCc1ccc(Cl)cc1. The molecule has 0 spiro atoms. The fourth-order valence-electron chi connectivity index (χ4n) is 2.20. The third-order valence-electron chi connectivity index (χ3n) is 3.58. The van der Waals surface area contributed by atoms with E-state index in [1.165, 1.54) is 14.0 Å². The molecule has 1 amide bonds. The van der Waals surface area contributed by atoms with Gasteiger partial charge in [-0.3, -0.25) is 9.59 Å². The molecule has 0 radical (unpaired) electrons. The van der Waals surface area contributed by atoms with Crippen molar-refractivity contribution in [2.24, 2.45) is 0 Å². The number of amides is 1. The number of nitrogens with one attached hydrogen (secondary N) is 1. The van der Waals surface area contributed by atoms with Crippen LogP contribution in [0.25, 0.3) is 0 Å². The minimum atomic E-state index is -0.230. The highest BCUT2D eigenvalue weighted by atomic mass is 35.5. The Labute approximate surface area is 151 Å². The maximum absolute atomic E-state index is 11.9. The van der Waals surface area contributed by atoms with Crippen molar-refractivity contribution in [2.45, 2.75) is 13.3 Å². The van der Waals surface area contributed by atoms with E-state index in [1.807, 2.05) is 24.3 Å². The topological polar surface area (TPSA) is 64.6 Å². The number of methoxy groups -OCH3 is 1. The number of carbonyl (C=O) groups is 2. The molecule has 0 saturated carbocycles. The van der Waals surface area contributed by atoms with E-state index in [0.29, 0.717) is 35.1 Å². The Kier molecular flexibility index (Phi) is 6.83. The van der Waals surface area contributed by atoms with Crippen LogP contribution in [0.1, 0.15) is 22.8 Å². The van der Waals surface area contributed by atoms with E-state index in [4.69, 9.17) is 21.1 Å². The van der Waals surface area contributed by atoms with Crippen LogP contribution in [-0.4, -0.2) is 32.0 Å². The highest BCUT2D eigenvalue weighted by Crippen LogP contribution is 2.28. The molecule has 0 aliphatic carbocycles. The lowest BCUT2D eigenvalue weighted by Gasteiger charge is -2.11. The number of halogens is 1. The first-order valence-corrected chi connectivity index (χ1v) is 8.20. The zero-order valence-electron chi connectivity index (χ0n) is 14.2. The number of ether oxygens (including phenoxy) is 2. The van der Waals surface area contributed by atoms with Gasteiger partial charge in [0.05, 0.1) is 7.11 Å². The second-order valence-electron chi connectivity index (χ2n) is 5.44. The molecule has 0 aliphatic rings. The summed E-state index contributed by atoms with van der Waals surface area (Å²) < 4.78 is 10.7. The number of hydrogen-bond acceptors (Lipinski definition) is 4. The van der Waals surface area contributed by atoms with Gasteiger partial charge in [0.25, 0.3) is 5.91 Å². The number of benzene rings is 2. The molecule has 0 unspecified atom stereocenters. The van der Waals surface area contributed by atoms with Crippen LogP contribution in [0, 0.1) is 0 Å². The van der Waals surface area contributed by atoms with Gasteiger partial charge in [-0.05, 0) is 49.2 Å². The standard InChI is InChI=1S/C19H20ClNO4/c1-13(22)15-5-8-17(18(11-15)24-2)25-12-19(23)21-10-9-14-3-6-16(20)7-4-14/h3-8,11H,9-10,12H2,1-2H3,(H,21,23). The summed E-state index contributed by atoms with van der Waals surface area (Å²) in [5, 5.41) is 3.48. The second-order valence-corrected chi connectivity index (χ2v) is 5.87. The molecule has 0 aromatic heterocycles. The van der Waals surface area contributed by atoms with E-state index < -0.39 is 0 Å². The maximum Gasteiger partial charge on any atom is 0.257 e. The van der Waals surface area contributed by atoms with E-state index in [0.717, 1.165) is 5.56 Å². The van der Waals surface area contributed by atoms with Crippen molar-refractivity contribution in [1.82, 2.24) is 5.32 Å². The smallest absolute Gasteiger partial charge is 0.257 e. The Bertz CT molecular complexity index is 744. The van der Waals surface area contributed by atoms with Crippen molar-refractivity contribution in [1.29, 1.82) is 0 Å². The van der Waals surface area contributed by atoms with Gasteiger partial charge < -0.3 is 14.8 Å². The Morgan fingerprint density at radius 1 is 1.08 bits per heavy atom. The Balaban J connectivity index is 1.81. The molecule has 0 aliphatic heterocycles. The van der Waals surface area contributed by atoms with Crippen molar-refractivity contribution < 1.29 is 19.1 Å². The number of ketones is 1. The Morgan fingerprint density at radius 2 is 1.80 bits per heavy atom. The Morgan fingerprint density at radius 3 is 2.44 bits per heavy atom. The summed E-state index contributed by atoms with van der Waals surface area (Å²) in [6, 6.07) is 12.3.